The highest BCUT2D eigenvalue weighted by atomic mass is 16.7. The van der Waals surface area contributed by atoms with E-state index in [1.54, 1.807) is 6.08 Å². The molecular formula is C12H18O2. The molecule has 1 saturated heterocycles. The van der Waals surface area contributed by atoms with Gasteiger partial charge in [-0.25, -0.2) is 0 Å². The van der Waals surface area contributed by atoms with E-state index in [2.05, 4.69) is 18.4 Å². The van der Waals surface area contributed by atoms with Crippen LogP contribution in [-0.4, -0.2) is 19.0 Å². The Morgan fingerprint density at radius 2 is 2.50 bits per heavy atom. The van der Waals surface area contributed by atoms with Crippen molar-refractivity contribution in [1.29, 1.82) is 0 Å². The molecule has 2 heteroatoms. The highest BCUT2D eigenvalue weighted by Gasteiger charge is 2.17. The molecule has 1 aliphatic heterocycles. The van der Waals surface area contributed by atoms with Crippen LogP contribution >= 0.6 is 0 Å². The first-order valence-electron chi connectivity index (χ1n) is 5.16. The number of ether oxygens (including phenoxy) is 2. The average Bonchev–Trinajstić information content (AvgIpc) is 2.25. The number of hydrogen-bond donors (Lipinski definition) is 0. The van der Waals surface area contributed by atoms with Crippen LogP contribution in [0.5, 0.6) is 0 Å². The van der Waals surface area contributed by atoms with Gasteiger partial charge in [0.2, 0.25) is 0 Å². The summed E-state index contributed by atoms with van der Waals surface area (Å²) in [5.74, 6) is 5.84. The second kappa shape index (κ2) is 6.64. The summed E-state index contributed by atoms with van der Waals surface area (Å²) in [6, 6.07) is 0. The fourth-order valence-electron chi connectivity index (χ4n) is 1.40. The first kappa shape index (κ1) is 11.3. The molecule has 0 aromatic carbocycles. The number of rotatable bonds is 4. The van der Waals surface area contributed by atoms with Gasteiger partial charge in [0.15, 0.2) is 6.29 Å². The molecule has 0 aliphatic carbocycles. The Morgan fingerprint density at radius 1 is 1.64 bits per heavy atom. The standard InChI is InChI=1S/C12H18O2/c1-3-5-8-11(4-2)14-12-9-6-7-10-13-12/h4,11-12H,2,6-10H2,1H3. The Bertz CT molecular complexity index is 218. The monoisotopic (exact) mass is 194 g/mol. The van der Waals surface area contributed by atoms with Gasteiger partial charge in [0.25, 0.3) is 0 Å². The van der Waals surface area contributed by atoms with Crippen LogP contribution in [-0.2, 0) is 9.47 Å². The average molecular weight is 194 g/mol. The topological polar surface area (TPSA) is 18.5 Å². The molecule has 0 spiro atoms. The second-order valence-corrected chi connectivity index (χ2v) is 3.34. The summed E-state index contributed by atoms with van der Waals surface area (Å²) in [6.07, 6.45) is 5.78. The van der Waals surface area contributed by atoms with Gasteiger partial charge in [-0.3, -0.25) is 0 Å². The first-order chi connectivity index (χ1) is 6.86. The molecule has 0 aromatic heterocycles. The molecule has 78 valence electrons. The lowest BCUT2D eigenvalue weighted by molar-refractivity contribution is -0.177. The van der Waals surface area contributed by atoms with Crippen molar-refractivity contribution in [3.05, 3.63) is 12.7 Å². The van der Waals surface area contributed by atoms with Crippen molar-refractivity contribution in [2.45, 2.75) is 45.0 Å². The zero-order valence-electron chi connectivity index (χ0n) is 8.79. The van der Waals surface area contributed by atoms with Gasteiger partial charge < -0.3 is 9.47 Å². The lowest BCUT2D eigenvalue weighted by atomic mass is 10.2. The Labute approximate surface area is 86.3 Å². The van der Waals surface area contributed by atoms with Crippen molar-refractivity contribution < 1.29 is 9.47 Å². The quantitative estimate of drug-likeness (QED) is 0.505. The van der Waals surface area contributed by atoms with Crippen molar-refractivity contribution >= 4 is 0 Å². The summed E-state index contributed by atoms with van der Waals surface area (Å²) in [6.45, 7) is 6.38. The van der Waals surface area contributed by atoms with E-state index in [0.717, 1.165) is 19.4 Å². The minimum Gasteiger partial charge on any atom is -0.353 e. The van der Waals surface area contributed by atoms with E-state index in [4.69, 9.17) is 9.47 Å². The Balaban J connectivity index is 2.29. The molecular weight excluding hydrogens is 176 g/mol. The van der Waals surface area contributed by atoms with Gasteiger partial charge in [0.05, 0.1) is 6.10 Å². The molecule has 1 aliphatic rings. The molecule has 0 aromatic rings. The molecule has 2 nitrogen and oxygen atoms in total. The lowest BCUT2D eigenvalue weighted by Crippen LogP contribution is -2.26. The Morgan fingerprint density at radius 3 is 3.07 bits per heavy atom. The van der Waals surface area contributed by atoms with Gasteiger partial charge >= 0.3 is 0 Å². The summed E-state index contributed by atoms with van der Waals surface area (Å²) in [7, 11) is 0. The molecule has 0 N–H and O–H groups in total. The minimum absolute atomic E-state index is 0.00514. The third kappa shape index (κ3) is 3.95. The van der Waals surface area contributed by atoms with E-state index in [1.807, 2.05) is 6.92 Å². The maximum Gasteiger partial charge on any atom is 0.158 e. The predicted molar refractivity (Wildman–Crippen MR) is 56.7 cm³/mol. The summed E-state index contributed by atoms with van der Waals surface area (Å²) < 4.78 is 11.2. The molecule has 1 fully saturated rings. The highest BCUT2D eigenvalue weighted by molar-refractivity contribution is 5.00. The third-order valence-electron chi connectivity index (χ3n) is 2.21. The van der Waals surface area contributed by atoms with Gasteiger partial charge in [-0.2, -0.15) is 0 Å². The van der Waals surface area contributed by atoms with E-state index in [-0.39, 0.29) is 12.4 Å². The second-order valence-electron chi connectivity index (χ2n) is 3.34. The summed E-state index contributed by atoms with van der Waals surface area (Å²) >= 11 is 0. The van der Waals surface area contributed by atoms with E-state index >= 15 is 0 Å². The molecule has 1 rings (SSSR count). The lowest BCUT2D eigenvalue weighted by Gasteiger charge is -2.25. The van der Waals surface area contributed by atoms with Crippen molar-refractivity contribution in [2.75, 3.05) is 6.61 Å². The van der Waals surface area contributed by atoms with Crippen molar-refractivity contribution in [2.24, 2.45) is 0 Å². The zero-order valence-corrected chi connectivity index (χ0v) is 8.79. The Kier molecular flexibility index (Phi) is 5.36. The third-order valence-corrected chi connectivity index (χ3v) is 2.21. The smallest absolute Gasteiger partial charge is 0.158 e. The van der Waals surface area contributed by atoms with Gasteiger partial charge in [-0.15, -0.1) is 18.4 Å². The molecule has 0 amide bonds. The molecule has 1 heterocycles. The first-order valence-corrected chi connectivity index (χ1v) is 5.16. The van der Waals surface area contributed by atoms with Crippen LogP contribution in [0.1, 0.15) is 32.6 Å². The van der Waals surface area contributed by atoms with Crippen LogP contribution < -0.4 is 0 Å². The number of hydrogen-bond acceptors (Lipinski definition) is 2. The van der Waals surface area contributed by atoms with E-state index in [9.17, 15) is 0 Å². The van der Waals surface area contributed by atoms with E-state index < -0.39 is 0 Å². The minimum atomic E-state index is -0.0505. The summed E-state index contributed by atoms with van der Waals surface area (Å²) in [5.41, 5.74) is 0. The molecule has 2 unspecified atom stereocenters. The summed E-state index contributed by atoms with van der Waals surface area (Å²) in [5, 5.41) is 0. The van der Waals surface area contributed by atoms with Gasteiger partial charge in [0, 0.05) is 13.0 Å². The van der Waals surface area contributed by atoms with Gasteiger partial charge in [-0.05, 0) is 26.2 Å². The van der Waals surface area contributed by atoms with Crippen molar-refractivity contribution in [3.63, 3.8) is 0 Å². The maximum absolute atomic E-state index is 5.70. The Hall–Kier alpha value is -0.780. The highest BCUT2D eigenvalue weighted by Crippen LogP contribution is 2.16. The zero-order chi connectivity index (χ0) is 10.2. The van der Waals surface area contributed by atoms with Crippen LogP contribution in [0.2, 0.25) is 0 Å². The van der Waals surface area contributed by atoms with Crippen LogP contribution in [0.3, 0.4) is 0 Å². The summed E-state index contributed by atoms with van der Waals surface area (Å²) in [4.78, 5) is 0. The van der Waals surface area contributed by atoms with Crippen molar-refractivity contribution in [3.8, 4) is 11.8 Å². The molecule has 0 bridgehead atoms. The molecule has 14 heavy (non-hydrogen) atoms. The van der Waals surface area contributed by atoms with Crippen LogP contribution in [0, 0.1) is 11.8 Å². The predicted octanol–water partition coefficient (Wildman–Crippen LogP) is 2.50. The van der Waals surface area contributed by atoms with E-state index in [1.165, 1.54) is 6.42 Å². The molecule has 0 radical (unpaired) electrons. The molecule has 0 saturated carbocycles. The van der Waals surface area contributed by atoms with Crippen LogP contribution in [0.4, 0.5) is 0 Å². The molecule has 2 atom stereocenters. The van der Waals surface area contributed by atoms with Crippen LogP contribution in [0.15, 0.2) is 12.7 Å². The fourth-order valence-corrected chi connectivity index (χ4v) is 1.40. The fraction of sp³-hybridized carbons (Fsp3) is 0.667. The largest absolute Gasteiger partial charge is 0.353 e. The maximum atomic E-state index is 5.70. The van der Waals surface area contributed by atoms with Crippen LogP contribution in [0.25, 0.3) is 0 Å². The van der Waals surface area contributed by atoms with Crippen molar-refractivity contribution in [1.82, 2.24) is 0 Å². The van der Waals surface area contributed by atoms with Gasteiger partial charge in [-0.1, -0.05) is 6.08 Å². The normalized spacial score (nSPS) is 23.4. The van der Waals surface area contributed by atoms with Gasteiger partial charge in [0.1, 0.15) is 0 Å². The van der Waals surface area contributed by atoms with E-state index in [0.29, 0.717) is 6.42 Å². The SMILES string of the molecule is C=CC(CC#CC)OC1CCCCO1.